The van der Waals surface area contributed by atoms with E-state index in [9.17, 15) is 9.59 Å². The quantitative estimate of drug-likeness (QED) is 0.851. The standard InChI is InChI=1S/C10H8BrClN2O2/c11-7-2-1-6(8(12)3-7)4-14-5-9(15)13-10(14)16/h1-3H,4-5H2,(H,13,15,16). The second kappa shape index (κ2) is 4.43. The highest BCUT2D eigenvalue weighted by Gasteiger charge is 2.26. The number of halogens is 2. The molecule has 84 valence electrons. The zero-order valence-electron chi connectivity index (χ0n) is 8.17. The van der Waals surface area contributed by atoms with E-state index in [1.165, 1.54) is 4.90 Å². The number of carbonyl (C=O) groups excluding carboxylic acids is 2. The molecule has 0 aromatic heterocycles. The molecule has 1 aromatic rings. The summed E-state index contributed by atoms with van der Waals surface area (Å²) in [6, 6.07) is 5.05. The monoisotopic (exact) mass is 302 g/mol. The van der Waals surface area contributed by atoms with Gasteiger partial charge in [-0.2, -0.15) is 0 Å². The first-order valence-corrected chi connectivity index (χ1v) is 5.76. The number of imide groups is 1. The van der Waals surface area contributed by atoms with Crippen molar-refractivity contribution in [3.05, 3.63) is 33.3 Å². The van der Waals surface area contributed by atoms with Crippen molar-refractivity contribution in [1.82, 2.24) is 10.2 Å². The molecule has 0 aliphatic carbocycles. The lowest BCUT2D eigenvalue weighted by atomic mass is 10.2. The van der Waals surface area contributed by atoms with E-state index in [4.69, 9.17) is 11.6 Å². The van der Waals surface area contributed by atoms with E-state index < -0.39 is 0 Å². The van der Waals surface area contributed by atoms with E-state index in [-0.39, 0.29) is 18.5 Å². The van der Waals surface area contributed by atoms with Gasteiger partial charge in [0.15, 0.2) is 0 Å². The van der Waals surface area contributed by atoms with Crippen LogP contribution in [0.1, 0.15) is 5.56 Å². The number of urea groups is 1. The van der Waals surface area contributed by atoms with Gasteiger partial charge in [0, 0.05) is 16.0 Å². The van der Waals surface area contributed by atoms with Crippen LogP contribution in [0.4, 0.5) is 4.79 Å². The summed E-state index contributed by atoms with van der Waals surface area (Å²) >= 11 is 9.32. The van der Waals surface area contributed by atoms with Crippen LogP contribution in [0.2, 0.25) is 5.02 Å². The van der Waals surface area contributed by atoms with Crippen LogP contribution in [0.3, 0.4) is 0 Å². The van der Waals surface area contributed by atoms with E-state index in [1.807, 2.05) is 12.1 Å². The molecule has 1 fully saturated rings. The van der Waals surface area contributed by atoms with Crippen molar-refractivity contribution < 1.29 is 9.59 Å². The molecule has 0 unspecified atom stereocenters. The average molecular weight is 304 g/mol. The number of hydrogen-bond donors (Lipinski definition) is 1. The van der Waals surface area contributed by atoms with Crippen molar-refractivity contribution in [1.29, 1.82) is 0 Å². The number of hydrogen-bond acceptors (Lipinski definition) is 2. The topological polar surface area (TPSA) is 49.4 Å². The summed E-state index contributed by atoms with van der Waals surface area (Å²) in [6.45, 7) is 0.426. The molecule has 1 aromatic carbocycles. The number of benzene rings is 1. The zero-order valence-corrected chi connectivity index (χ0v) is 10.5. The van der Waals surface area contributed by atoms with Gasteiger partial charge < -0.3 is 4.90 Å². The minimum Gasteiger partial charge on any atom is -0.311 e. The third-order valence-corrected chi connectivity index (χ3v) is 3.09. The summed E-state index contributed by atoms with van der Waals surface area (Å²) in [5.41, 5.74) is 0.815. The third-order valence-electron chi connectivity index (χ3n) is 2.24. The summed E-state index contributed by atoms with van der Waals surface area (Å²) in [7, 11) is 0. The van der Waals surface area contributed by atoms with Gasteiger partial charge in [0.05, 0.1) is 0 Å². The second-order valence-electron chi connectivity index (χ2n) is 3.45. The minimum atomic E-state index is -0.371. The van der Waals surface area contributed by atoms with Crippen LogP contribution in [-0.4, -0.2) is 23.4 Å². The Balaban J connectivity index is 2.15. The first kappa shape index (κ1) is 11.4. The van der Waals surface area contributed by atoms with Gasteiger partial charge in [-0.15, -0.1) is 0 Å². The number of nitrogens with one attached hydrogen (secondary N) is 1. The predicted molar refractivity (Wildman–Crippen MR) is 63.1 cm³/mol. The van der Waals surface area contributed by atoms with Crippen LogP contribution in [-0.2, 0) is 11.3 Å². The molecule has 0 bridgehead atoms. The smallest absolute Gasteiger partial charge is 0.311 e. The van der Waals surface area contributed by atoms with Crippen LogP contribution in [0.25, 0.3) is 0 Å². The summed E-state index contributed by atoms with van der Waals surface area (Å²) in [6.07, 6.45) is 0. The molecule has 16 heavy (non-hydrogen) atoms. The summed E-state index contributed by atoms with van der Waals surface area (Å²) in [4.78, 5) is 23.7. The molecule has 6 heteroatoms. The SMILES string of the molecule is O=C1CN(Cc2ccc(Br)cc2Cl)C(=O)N1. The predicted octanol–water partition coefficient (Wildman–Crippen LogP) is 2.15. The van der Waals surface area contributed by atoms with Crippen molar-refractivity contribution in [3.8, 4) is 0 Å². The lowest BCUT2D eigenvalue weighted by Gasteiger charge is -2.14. The van der Waals surface area contributed by atoms with Crippen LogP contribution in [0, 0.1) is 0 Å². The largest absolute Gasteiger partial charge is 0.324 e. The molecule has 0 atom stereocenters. The van der Waals surface area contributed by atoms with Gasteiger partial charge in [-0.25, -0.2) is 4.79 Å². The fraction of sp³-hybridized carbons (Fsp3) is 0.200. The number of rotatable bonds is 2. The van der Waals surface area contributed by atoms with E-state index in [0.29, 0.717) is 11.6 Å². The Morgan fingerprint density at radius 2 is 2.19 bits per heavy atom. The summed E-state index contributed by atoms with van der Waals surface area (Å²) < 4.78 is 0.878. The van der Waals surface area contributed by atoms with Crippen molar-refractivity contribution >= 4 is 39.5 Å². The molecule has 1 heterocycles. The average Bonchev–Trinajstić information content (AvgIpc) is 2.50. The van der Waals surface area contributed by atoms with E-state index in [1.54, 1.807) is 6.07 Å². The van der Waals surface area contributed by atoms with Gasteiger partial charge >= 0.3 is 6.03 Å². The molecule has 1 N–H and O–H groups in total. The highest BCUT2D eigenvalue weighted by Crippen LogP contribution is 2.23. The maximum Gasteiger partial charge on any atom is 0.324 e. The van der Waals surface area contributed by atoms with Gasteiger partial charge in [0.1, 0.15) is 6.54 Å². The zero-order chi connectivity index (χ0) is 11.7. The molecule has 1 aliphatic heterocycles. The summed E-state index contributed by atoms with van der Waals surface area (Å²) in [5.74, 6) is -0.279. The number of nitrogens with zero attached hydrogens (tertiary/aromatic N) is 1. The second-order valence-corrected chi connectivity index (χ2v) is 4.77. The maximum atomic E-state index is 11.3. The lowest BCUT2D eigenvalue weighted by molar-refractivity contribution is -0.118. The molecule has 2 rings (SSSR count). The number of carbonyl (C=O) groups is 2. The molecular weight excluding hydrogens is 295 g/mol. The Labute approximate surface area is 106 Å². The Bertz CT molecular complexity index is 464. The van der Waals surface area contributed by atoms with Gasteiger partial charge in [0.2, 0.25) is 5.91 Å². The van der Waals surface area contributed by atoms with Crippen molar-refractivity contribution in [2.75, 3.05) is 6.54 Å². The summed E-state index contributed by atoms with van der Waals surface area (Å²) in [5, 5.41) is 2.78. The molecule has 1 saturated heterocycles. The van der Waals surface area contributed by atoms with Gasteiger partial charge in [-0.3, -0.25) is 10.1 Å². The normalized spacial score (nSPS) is 15.5. The van der Waals surface area contributed by atoms with E-state index in [2.05, 4.69) is 21.2 Å². The van der Waals surface area contributed by atoms with Gasteiger partial charge in [0.25, 0.3) is 0 Å². The van der Waals surface area contributed by atoms with Crippen molar-refractivity contribution in [2.24, 2.45) is 0 Å². The van der Waals surface area contributed by atoms with Gasteiger partial charge in [-0.1, -0.05) is 33.6 Å². The Morgan fingerprint density at radius 1 is 1.44 bits per heavy atom. The molecule has 1 aliphatic rings. The fourth-order valence-corrected chi connectivity index (χ4v) is 2.20. The van der Waals surface area contributed by atoms with Crippen LogP contribution in [0.5, 0.6) is 0 Å². The fourth-order valence-electron chi connectivity index (χ4n) is 1.47. The minimum absolute atomic E-state index is 0.0885. The lowest BCUT2D eigenvalue weighted by Crippen LogP contribution is -2.27. The van der Waals surface area contributed by atoms with Crippen molar-refractivity contribution in [2.45, 2.75) is 6.54 Å². The third kappa shape index (κ3) is 2.36. The van der Waals surface area contributed by atoms with Crippen LogP contribution in [0.15, 0.2) is 22.7 Å². The highest BCUT2D eigenvalue weighted by molar-refractivity contribution is 9.10. The number of amides is 3. The molecule has 4 nitrogen and oxygen atoms in total. The van der Waals surface area contributed by atoms with Crippen LogP contribution >= 0.6 is 27.5 Å². The van der Waals surface area contributed by atoms with Crippen LogP contribution < -0.4 is 5.32 Å². The molecule has 0 saturated carbocycles. The van der Waals surface area contributed by atoms with E-state index in [0.717, 1.165) is 10.0 Å². The Hall–Kier alpha value is -1.07. The van der Waals surface area contributed by atoms with Crippen molar-refractivity contribution in [3.63, 3.8) is 0 Å². The Morgan fingerprint density at radius 3 is 2.75 bits per heavy atom. The molecule has 0 radical (unpaired) electrons. The molecule has 3 amide bonds. The highest BCUT2D eigenvalue weighted by atomic mass is 79.9. The molecular formula is C10H8BrClN2O2. The van der Waals surface area contributed by atoms with E-state index >= 15 is 0 Å². The molecule has 0 spiro atoms. The maximum absolute atomic E-state index is 11.3. The van der Waals surface area contributed by atoms with Gasteiger partial charge in [-0.05, 0) is 17.7 Å². The first-order valence-electron chi connectivity index (χ1n) is 4.59. The first-order chi connectivity index (χ1) is 7.56. The Kier molecular flexibility index (Phi) is 3.16.